The SMILES string of the molecule is N#C[C@H]1C[C@@H](N2CCC2)CC[C@@H]1Cn1cc(C(N)=O)c(Nc2ccc(C(O)C(F)(F)F)cc2)n1. The molecule has 0 bridgehead atoms. The summed E-state index contributed by atoms with van der Waals surface area (Å²) in [5.74, 6) is -0.528. The minimum absolute atomic E-state index is 0.0964. The Hall–Kier alpha value is -3.10. The van der Waals surface area contributed by atoms with Gasteiger partial charge in [-0.1, -0.05) is 12.1 Å². The standard InChI is InChI=1S/C23H27F3N6O2/c24-23(25,26)20(33)14-2-5-17(6-3-14)29-22-19(21(28)34)13-32(30-22)12-15-4-7-18(10-16(15)11-27)31-8-1-9-31/h2-3,5-6,13,15-16,18,20,33H,1,4,7-10,12H2,(H2,28,34)(H,29,30)/t15-,16-,18+,20?/m1/s1. The van der Waals surface area contributed by atoms with Gasteiger partial charge in [0.15, 0.2) is 11.9 Å². The molecule has 2 aromatic rings. The van der Waals surface area contributed by atoms with E-state index in [1.165, 1.54) is 24.8 Å². The summed E-state index contributed by atoms with van der Waals surface area (Å²) in [4.78, 5) is 14.4. The summed E-state index contributed by atoms with van der Waals surface area (Å²) in [7, 11) is 0. The Balaban J connectivity index is 1.45. The summed E-state index contributed by atoms with van der Waals surface area (Å²) >= 11 is 0. The Kier molecular flexibility index (Phi) is 6.81. The van der Waals surface area contributed by atoms with E-state index in [9.17, 15) is 28.3 Å². The van der Waals surface area contributed by atoms with Crippen LogP contribution in [0.4, 0.5) is 24.7 Å². The summed E-state index contributed by atoms with van der Waals surface area (Å²) in [6.45, 7) is 2.66. The maximum absolute atomic E-state index is 12.7. The molecular formula is C23H27F3N6O2. The van der Waals surface area contributed by atoms with Gasteiger partial charge in [-0.05, 0) is 62.4 Å². The van der Waals surface area contributed by atoms with Crippen molar-refractivity contribution >= 4 is 17.4 Å². The lowest BCUT2D eigenvalue weighted by atomic mass is 9.76. The highest BCUT2D eigenvalue weighted by Gasteiger charge is 2.39. The third-order valence-electron chi connectivity index (χ3n) is 6.79. The van der Waals surface area contributed by atoms with E-state index in [1.54, 1.807) is 4.68 Å². The average molecular weight is 477 g/mol. The number of amides is 1. The maximum Gasteiger partial charge on any atom is 0.418 e. The summed E-state index contributed by atoms with van der Waals surface area (Å²) < 4.78 is 39.7. The lowest BCUT2D eigenvalue weighted by molar-refractivity contribution is -0.206. The summed E-state index contributed by atoms with van der Waals surface area (Å²) in [6.07, 6.45) is -1.87. The average Bonchev–Trinajstić information content (AvgIpc) is 3.15. The monoisotopic (exact) mass is 476 g/mol. The number of nitrogens with one attached hydrogen (secondary N) is 1. The molecule has 1 aromatic carbocycles. The Morgan fingerprint density at radius 2 is 2.00 bits per heavy atom. The van der Waals surface area contributed by atoms with Crippen LogP contribution in [0.5, 0.6) is 0 Å². The highest BCUT2D eigenvalue weighted by molar-refractivity contribution is 5.98. The lowest BCUT2D eigenvalue weighted by Crippen LogP contribution is -2.48. The maximum atomic E-state index is 12.7. The number of rotatable bonds is 7. The highest BCUT2D eigenvalue weighted by Crippen LogP contribution is 2.36. The van der Waals surface area contributed by atoms with Crippen molar-refractivity contribution in [2.45, 2.75) is 50.6 Å². The van der Waals surface area contributed by atoms with Crippen molar-refractivity contribution in [2.24, 2.45) is 17.6 Å². The molecule has 1 saturated carbocycles. The van der Waals surface area contributed by atoms with Crippen molar-refractivity contribution in [3.8, 4) is 6.07 Å². The first-order valence-electron chi connectivity index (χ1n) is 11.3. The topological polar surface area (TPSA) is 120 Å². The number of nitrogens with two attached hydrogens (primary N) is 1. The van der Waals surface area contributed by atoms with Crippen LogP contribution < -0.4 is 11.1 Å². The van der Waals surface area contributed by atoms with Crippen LogP contribution >= 0.6 is 0 Å². The molecule has 8 nitrogen and oxygen atoms in total. The quantitative estimate of drug-likeness (QED) is 0.564. The number of nitrogens with zero attached hydrogens (tertiary/aromatic N) is 4. The molecule has 1 aliphatic heterocycles. The van der Waals surface area contributed by atoms with Crippen molar-refractivity contribution in [1.82, 2.24) is 14.7 Å². The number of halogens is 3. The minimum Gasteiger partial charge on any atom is -0.379 e. The lowest BCUT2D eigenvalue weighted by Gasteiger charge is -2.43. The number of carbonyl (C=O) groups excluding carboxylic acids is 1. The number of alkyl halides is 3. The highest BCUT2D eigenvalue weighted by atomic mass is 19.4. The number of nitriles is 1. The van der Waals surface area contributed by atoms with Gasteiger partial charge in [0, 0.05) is 24.5 Å². The van der Waals surface area contributed by atoms with Crippen molar-refractivity contribution in [3.63, 3.8) is 0 Å². The van der Waals surface area contributed by atoms with E-state index in [2.05, 4.69) is 21.4 Å². The summed E-state index contributed by atoms with van der Waals surface area (Å²) in [5.41, 5.74) is 5.73. The van der Waals surface area contributed by atoms with E-state index in [0.717, 1.165) is 44.5 Å². The third kappa shape index (κ3) is 5.18. The first-order valence-corrected chi connectivity index (χ1v) is 11.3. The Morgan fingerprint density at radius 1 is 1.29 bits per heavy atom. The molecule has 2 fully saturated rings. The number of aliphatic hydroxyl groups excluding tert-OH is 1. The molecule has 4 N–H and O–H groups in total. The third-order valence-corrected chi connectivity index (χ3v) is 6.79. The molecule has 182 valence electrons. The molecular weight excluding hydrogens is 449 g/mol. The number of likely N-dealkylation sites (tertiary alicyclic amines) is 1. The number of anilines is 2. The molecule has 0 radical (unpaired) electrons. The van der Waals surface area contributed by atoms with Gasteiger partial charge in [-0.15, -0.1) is 0 Å². The Bertz CT molecular complexity index is 1060. The van der Waals surface area contributed by atoms with Crippen LogP contribution in [0.1, 0.15) is 47.7 Å². The van der Waals surface area contributed by atoms with E-state index in [0.29, 0.717) is 18.3 Å². The fourth-order valence-electron chi connectivity index (χ4n) is 4.73. The van der Waals surface area contributed by atoms with Crippen LogP contribution in [0.2, 0.25) is 0 Å². The van der Waals surface area contributed by atoms with Crippen LogP contribution in [0.3, 0.4) is 0 Å². The largest absolute Gasteiger partial charge is 0.418 e. The second-order valence-corrected chi connectivity index (χ2v) is 9.02. The summed E-state index contributed by atoms with van der Waals surface area (Å²) in [5, 5.41) is 26.4. The number of carbonyl (C=O) groups is 1. The zero-order valence-corrected chi connectivity index (χ0v) is 18.5. The number of aliphatic hydroxyl groups is 1. The van der Waals surface area contributed by atoms with E-state index < -0.39 is 18.2 Å². The Morgan fingerprint density at radius 3 is 2.56 bits per heavy atom. The molecule has 34 heavy (non-hydrogen) atoms. The zero-order chi connectivity index (χ0) is 24.5. The van der Waals surface area contributed by atoms with Gasteiger partial charge >= 0.3 is 6.18 Å². The van der Waals surface area contributed by atoms with Gasteiger partial charge in [0.05, 0.1) is 12.0 Å². The molecule has 0 spiro atoms. The van der Waals surface area contributed by atoms with Gasteiger partial charge in [0.2, 0.25) is 0 Å². The summed E-state index contributed by atoms with van der Waals surface area (Å²) in [6, 6.07) is 7.90. The molecule has 2 heterocycles. The number of aromatic nitrogens is 2. The molecule has 11 heteroatoms. The van der Waals surface area contributed by atoms with Crippen LogP contribution in [0.25, 0.3) is 0 Å². The molecule has 1 aromatic heterocycles. The minimum atomic E-state index is -4.76. The van der Waals surface area contributed by atoms with Crippen molar-refractivity contribution in [3.05, 3.63) is 41.6 Å². The van der Waals surface area contributed by atoms with E-state index >= 15 is 0 Å². The molecule has 1 amide bonds. The van der Waals surface area contributed by atoms with Crippen molar-refractivity contribution < 1.29 is 23.1 Å². The molecule has 4 rings (SSSR count). The molecule has 1 unspecified atom stereocenters. The van der Waals surface area contributed by atoms with Gasteiger partial charge in [0.25, 0.3) is 5.91 Å². The van der Waals surface area contributed by atoms with Crippen LogP contribution in [0, 0.1) is 23.2 Å². The second-order valence-electron chi connectivity index (χ2n) is 9.02. The normalized spacial score (nSPS) is 24.1. The molecule has 4 atom stereocenters. The fraction of sp³-hybridized carbons (Fsp3) is 0.522. The molecule has 1 saturated heterocycles. The predicted molar refractivity (Wildman–Crippen MR) is 118 cm³/mol. The zero-order valence-electron chi connectivity index (χ0n) is 18.5. The van der Waals surface area contributed by atoms with Gasteiger partial charge < -0.3 is 21.1 Å². The van der Waals surface area contributed by atoms with E-state index in [4.69, 9.17) is 5.73 Å². The number of primary amides is 1. The number of benzene rings is 1. The van der Waals surface area contributed by atoms with Gasteiger partial charge in [-0.25, -0.2) is 0 Å². The fourth-order valence-corrected chi connectivity index (χ4v) is 4.73. The Labute approximate surface area is 195 Å². The first-order chi connectivity index (χ1) is 16.2. The second kappa shape index (κ2) is 9.64. The van der Waals surface area contributed by atoms with Crippen molar-refractivity contribution in [1.29, 1.82) is 5.26 Å². The van der Waals surface area contributed by atoms with Crippen LogP contribution in [-0.4, -0.2) is 51.0 Å². The van der Waals surface area contributed by atoms with Gasteiger partial charge in [-0.3, -0.25) is 9.48 Å². The molecule has 1 aliphatic carbocycles. The van der Waals surface area contributed by atoms with Gasteiger partial charge in [-0.2, -0.15) is 23.5 Å². The number of hydrogen-bond donors (Lipinski definition) is 3. The first kappa shape index (κ1) is 24.0. The van der Waals surface area contributed by atoms with Crippen LogP contribution in [0.15, 0.2) is 30.5 Å². The smallest absolute Gasteiger partial charge is 0.379 e. The van der Waals surface area contributed by atoms with E-state index in [-0.39, 0.29) is 28.8 Å². The predicted octanol–water partition coefficient (Wildman–Crippen LogP) is 3.34. The van der Waals surface area contributed by atoms with E-state index in [1.807, 2.05) is 0 Å². The van der Waals surface area contributed by atoms with Crippen LogP contribution in [-0.2, 0) is 6.54 Å². The van der Waals surface area contributed by atoms with Gasteiger partial charge in [0.1, 0.15) is 5.56 Å². The number of hydrogen-bond acceptors (Lipinski definition) is 6. The molecule has 2 aliphatic rings. The van der Waals surface area contributed by atoms with Crippen molar-refractivity contribution in [2.75, 3.05) is 18.4 Å².